The standard InChI is InChI=1S/C35H39N5O6/c1-19-22(23-9-7-11-26(20(23)2)37-32(42)25-17-39(3)35(44)40(4)34(25)43)8-6-10-24(19)29-16-21-12-13-28(31(21)33(38-29)45-5)36-27-14-15-46-18-30(27)41/h6-11,16-17,27-28,30,36,41H,12-15,18H2,1-5H3,(H,37,42)/t27-,28+,30-/m1/s1. The lowest BCUT2D eigenvalue weighted by atomic mass is 9.91. The number of aliphatic hydroxyl groups excluding tert-OH is 1. The summed E-state index contributed by atoms with van der Waals surface area (Å²) in [6, 6.07) is 13.9. The number of fused-ring (bicyclic) bond motifs is 1. The number of amides is 1. The van der Waals surface area contributed by atoms with E-state index < -0.39 is 23.3 Å². The van der Waals surface area contributed by atoms with Gasteiger partial charge < -0.3 is 29.8 Å². The van der Waals surface area contributed by atoms with Crippen molar-refractivity contribution in [3.8, 4) is 28.3 Å². The third kappa shape index (κ3) is 5.66. The number of pyridine rings is 1. The van der Waals surface area contributed by atoms with Crippen LogP contribution in [0.15, 0.2) is 58.3 Å². The first-order valence-corrected chi connectivity index (χ1v) is 15.5. The molecule has 0 spiro atoms. The van der Waals surface area contributed by atoms with Crippen LogP contribution >= 0.6 is 0 Å². The number of methoxy groups -OCH3 is 1. The molecule has 11 heteroatoms. The predicted molar refractivity (Wildman–Crippen MR) is 175 cm³/mol. The molecule has 0 saturated carbocycles. The minimum atomic E-state index is -0.654. The fourth-order valence-electron chi connectivity index (χ4n) is 6.66. The first-order valence-electron chi connectivity index (χ1n) is 15.5. The van der Waals surface area contributed by atoms with Gasteiger partial charge in [0.05, 0.1) is 25.5 Å². The lowest BCUT2D eigenvalue weighted by Crippen LogP contribution is -2.47. The topological polar surface area (TPSA) is 137 Å². The molecule has 1 saturated heterocycles. The summed E-state index contributed by atoms with van der Waals surface area (Å²) in [5.74, 6) is -0.00483. The zero-order chi connectivity index (χ0) is 32.7. The summed E-state index contributed by atoms with van der Waals surface area (Å²) in [6.45, 7) is 4.95. The van der Waals surface area contributed by atoms with E-state index in [9.17, 15) is 19.5 Å². The van der Waals surface area contributed by atoms with Crippen LogP contribution in [0.4, 0.5) is 5.69 Å². The Morgan fingerprint density at radius 3 is 2.50 bits per heavy atom. The highest BCUT2D eigenvalue weighted by Crippen LogP contribution is 2.41. The Kier molecular flexibility index (Phi) is 8.65. The molecule has 2 aromatic heterocycles. The van der Waals surface area contributed by atoms with Crippen LogP contribution in [0.5, 0.6) is 5.88 Å². The van der Waals surface area contributed by atoms with Crippen LogP contribution in [0, 0.1) is 13.8 Å². The maximum Gasteiger partial charge on any atom is 0.330 e. The van der Waals surface area contributed by atoms with Crippen molar-refractivity contribution in [2.24, 2.45) is 14.1 Å². The lowest BCUT2D eigenvalue weighted by molar-refractivity contribution is -0.0304. The molecule has 3 N–H and O–H groups in total. The van der Waals surface area contributed by atoms with Crippen LogP contribution in [0.1, 0.15) is 51.5 Å². The van der Waals surface area contributed by atoms with E-state index in [1.807, 2.05) is 37.3 Å². The number of benzene rings is 2. The number of nitrogens with one attached hydrogen (secondary N) is 2. The Bertz CT molecular complexity index is 1950. The van der Waals surface area contributed by atoms with Crippen LogP contribution in [-0.4, -0.2) is 57.6 Å². The molecule has 11 nitrogen and oxygen atoms in total. The SMILES string of the molecule is COc1nc(-c2cccc(-c3cccc(NC(=O)c4cn(C)c(=O)n(C)c4=O)c3C)c2C)cc2c1[C@@H](N[C@@H]1CCOC[C@H]1O)CC2. The molecule has 3 atom stereocenters. The second-order valence-electron chi connectivity index (χ2n) is 12.1. The van der Waals surface area contributed by atoms with Gasteiger partial charge >= 0.3 is 5.69 Å². The first kappa shape index (κ1) is 31.4. The monoisotopic (exact) mass is 625 g/mol. The molecule has 0 unspecified atom stereocenters. The van der Waals surface area contributed by atoms with Crippen molar-refractivity contribution >= 4 is 11.6 Å². The van der Waals surface area contributed by atoms with Crippen LogP contribution < -0.4 is 26.6 Å². The van der Waals surface area contributed by atoms with E-state index in [-0.39, 0.29) is 17.6 Å². The highest BCUT2D eigenvalue weighted by atomic mass is 16.5. The number of rotatable bonds is 7. The number of hydrogen-bond acceptors (Lipinski definition) is 8. The fourth-order valence-corrected chi connectivity index (χ4v) is 6.66. The van der Waals surface area contributed by atoms with E-state index in [1.54, 1.807) is 13.2 Å². The fraction of sp³-hybridized carbons (Fsp3) is 0.371. The molecule has 6 rings (SSSR count). The van der Waals surface area contributed by atoms with Crippen LogP contribution in [0.2, 0.25) is 0 Å². The van der Waals surface area contributed by atoms with Crippen molar-refractivity contribution < 1.29 is 19.4 Å². The smallest absolute Gasteiger partial charge is 0.330 e. The number of aryl methyl sites for hydroxylation is 2. The van der Waals surface area contributed by atoms with E-state index >= 15 is 0 Å². The third-order valence-electron chi connectivity index (χ3n) is 9.27. The molecule has 1 fully saturated rings. The molecule has 46 heavy (non-hydrogen) atoms. The summed E-state index contributed by atoms with van der Waals surface area (Å²) in [5, 5.41) is 16.9. The number of carbonyl (C=O) groups excluding carboxylic acids is 1. The molecule has 2 aromatic carbocycles. The van der Waals surface area contributed by atoms with Gasteiger partial charge in [-0.3, -0.25) is 14.2 Å². The highest BCUT2D eigenvalue weighted by Gasteiger charge is 2.33. The van der Waals surface area contributed by atoms with E-state index in [2.05, 4.69) is 23.6 Å². The zero-order valence-electron chi connectivity index (χ0n) is 26.7. The van der Waals surface area contributed by atoms with Gasteiger partial charge in [-0.25, -0.2) is 9.78 Å². The molecule has 0 bridgehead atoms. The van der Waals surface area contributed by atoms with Crippen LogP contribution in [0.25, 0.3) is 22.4 Å². The van der Waals surface area contributed by atoms with Gasteiger partial charge in [0.25, 0.3) is 11.5 Å². The second kappa shape index (κ2) is 12.7. The van der Waals surface area contributed by atoms with E-state index in [0.29, 0.717) is 24.8 Å². The van der Waals surface area contributed by atoms with Crippen molar-refractivity contribution in [2.75, 3.05) is 25.6 Å². The molecule has 1 aliphatic heterocycles. The number of aliphatic hydroxyl groups is 1. The summed E-state index contributed by atoms with van der Waals surface area (Å²) in [7, 11) is 4.49. The Morgan fingerprint density at radius 2 is 1.76 bits per heavy atom. The van der Waals surface area contributed by atoms with Gasteiger partial charge in [-0.15, -0.1) is 0 Å². The Balaban J connectivity index is 1.31. The van der Waals surface area contributed by atoms with Crippen molar-refractivity contribution in [3.05, 3.63) is 97.3 Å². The number of carbonyl (C=O) groups is 1. The van der Waals surface area contributed by atoms with Gasteiger partial charge in [0.2, 0.25) is 5.88 Å². The molecular weight excluding hydrogens is 586 g/mol. The highest BCUT2D eigenvalue weighted by molar-refractivity contribution is 6.04. The molecule has 3 heterocycles. The van der Waals surface area contributed by atoms with E-state index in [1.165, 1.54) is 30.4 Å². The number of nitrogens with zero attached hydrogens (tertiary/aromatic N) is 3. The molecule has 1 aliphatic carbocycles. The van der Waals surface area contributed by atoms with Crippen molar-refractivity contribution in [3.63, 3.8) is 0 Å². The minimum Gasteiger partial charge on any atom is -0.481 e. The van der Waals surface area contributed by atoms with Crippen molar-refractivity contribution in [1.82, 2.24) is 19.4 Å². The Hall–Kier alpha value is -4.58. The number of hydrogen-bond donors (Lipinski definition) is 3. The third-order valence-corrected chi connectivity index (χ3v) is 9.27. The van der Waals surface area contributed by atoms with Crippen LogP contribution in [-0.2, 0) is 25.3 Å². The maximum atomic E-state index is 13.2. The normalized spacial score (nSPS) is 19.1. The summed E-state index contributed by atoms with van der Waals surface area (Å²) < 4.78 is 13.4. The zero-order valence-corrected chi connectivity index (χ0v) is 26.7. The average molecular weight is 626 g/mol. The van der Waals surface area contributed by atoms with Gasteiger partial charge in [0, 0.05) is 55.8 Å². The lowest BCUT2D eigenvalue weighted by Gasteiger charge is -2.31. The van der Waals surface area contributed by atoms with Gasteiger partial charge in [-0.05, 0) is 73.1 Å². The van der Waals surface area contributed by atoms with Gasteiger partial charge in [-0.1, -0.05) is 30.3 Å². The number of aromatic nitrogens is 3. The van der Waals surface area contributed by atoms with Gasteiger partial charge in [0.15, 0.2) is 0 Å². The molecule has 4 aromatic rings. The van der Waals surface area contributed by atoms with Gasteiger partial charge in [0.1, 0.15) is 5.56 Å². The average Bonchev–Trinajstić information content (AvgIpc) is 3.46. The second-order valence-corrected chi connectivity index (χ2v) is 12.1. The number of anilines is 1. The molecule has 1 amide bonds. The van der Waals surface area contributed by atoms with E-state index in [0.717, 1.165) is 62.9 Å². The maximum absolute atomic E-state index is 13.2. The van der Waals surface area contributed by atoms with Crippen molar-refractivity contribution in [2.45, 2.75) is 51.3 Å². The largest absolute Gasteiger partial charge is 0.481 e. The molecule has 240 valence electrons. The summed E-state index contributed by atoms with van der Waals surface area (Å²) >= 11 is 0. The Morgan fingerprint density at radius 1 is 1.04 bits per heavy atom. The number of ether oxygens (including phenoxy) is 2. The van der Waals surface area contributed by atoms with Crippen LogP contribution in [0.3, 0.4) is 0 Å². The van der Waals surface area contributed by atoms with Crippen molar-refractivity contribution in [1.29, 1.82) is 0 Å². The molecule has 2 aliphatic rings. The quantitative estimate of drug-likeness (QED) is 0.284. The Labute approximate surface area is 266 Å². The summed E-state index contributed by atoms with van der Waals surface area (Å²) in [4.78, 5) is 42.9. The molecular formula is C35H39N5O6. The minimum absolute atomic E-state index is 0.0384. The summed E-state index contributed by atoms with van der Waals surface area (Å²) in [6.07, 6.45) is 3.23. The van der Waals surface area contributed by atoms with E-state index in [4.69, 9.17) is 14.5 Å². The molecule has 0 radical (unpaired) electrons. The summed E-state index contributed by atoms with van der Waals surface area (Å²) in [5.41, 5.74) is 7.07. The predicted octanol–water partition coefficient (Wildman–Crippen LogP) is 3.42. The first-order chi connectivity index (χ1) is 22.1. The van der Waals surface area contributed by atoms with Gasteiger partial charge in [-0.2, -0.15) is 0 Å².